The number of ether oxygens (including phenoxy) is 1. The van der Waals surface area contributed by atoms with E-state index in [1.54, 1.807) is 0 Å². The Kier molecular flexibility index (Phi) is 6.15. The number of nitro benzene ring substituents is 1. The van der Waals surface area contributed by atoms with Crippen molar-refractivity contribution in [2.24, 2.45) is 0 Å². The Morgan fingerprint density at radius 2 is 1.85 bits per heavy atom. The molecular formula is C16H13F2N3O5. The van der Waals surface area contributed by atoms with E-state index < -0.39 is 41.5 Å². The average Bonchev–Trinajstić information content (AvgIpc) is 2.61. The van der Waals surface area contributed by atoms with E-state index in [-0.39, 0.29) is 17.1 Å². The number of hydrogen-bond donors (Lipinski definition) is 2. The fourth-order valence-corrected chi connectivity index (χ4v) is 1.84. The molecule has 0 aliphatic rings. The number of amides is 2. The minimum absolute atomic E-state index is 0.0380. The summed E-state index contributed by atoms with van der Waals surface area (Å²) in [6.07, 6.45) is 0. The van der Waals surface area contributed by atoms with Gasteiger partial charge < -0.3 is 15.4 Å². The summed E-state index contributed by atoms with van der Waals surface area (Å²) in [7, 11) is 0. The molecule has 0 unspecified atom stereocenters. The van der Waals surface area contributed by atoms with E-state index in [9.17, 15) is 28.5 Å². The lowest BCUT2D eigenvalue weighted by Gasteiger charge is -2.08. The number of carbonyl (C=O) groups is 2. The zero-order valence-electron chi connectivity index (χ0n) is 13.2. The van der Waals surface area contributed by atoms with Gasteiger partial charge in [0.1, 0.15) is 5.75 Å². The van der Waals surface area contributed by atoms with Gasteiger partial charge in [0.05, 0.1) is 17.5 Å². The predicted octanol–water partition coefficient (Wildman–Crippen LogP) is 2.01. The van der Waals surface area contributed by atoms with Crippen molar-refractivity contribution in [1.82, 2.24) is 5.32 Å². The van der Waals surface area contributed by atoms with Crippen LogP contribution in [0.5, 0.6) is 5.75 Å². The summed E-state index contributed by atoms with van der Waals surface area (Å²) in [5, 5.41) is 15.2. The minimum Gasteiger partial charge on any atom is -0.484 e. The van der Waals surface area contributed by atoms with E-state index in [2.05, 4.69) is 10.6 Å². The van der Waals surface area contributed by atoms with E-state index in [0.29, 0.717) is 0 Å². The molecule has 2 N–H and O–H groups in total. The molecule has 136 valence electrons. The van der Waals surface area contributed by atoms with E-state index in [4.69, 9.17) is 4.74 Å². The second kappa shape index (κ2) is 8.51. The Bertz CT molecular complexity index is 844. The number of nitrogens with zero attached hydrogens (tertiary/aromatic N) is 1. The number of benzene rings is 2. The van der Waals surface area contributed by atoms with Crippen LogP contribution >= 0.6 is 0 Å². The second-order valence-corrected chi connectivity index (χ2v) is 5.00. The van der Waals surface area contributed by atoms with E-state index in [1.165, 1.54) is 24.3 Å². The number of carbonyl (C=O) groups excluding carboxylic acids is 2. The van der Waals surface area contributed by atoms with Gasteiger partial charge in [-0.15, -0.1) is 0 Å². The normalized spacial score (nSPS) is 10.1. The van der Waals surface area contributed by atoms with Gasteiger partial charge in [0.15, 0.2) is 18.2 Å². The first-order valence-corrected chi connectivity index (χ1v) is 7.24. The summed E-state index contributed by atoms with van der Waals surface area (Å²) in [5.74, 6) is -3.33. The van der Waals surface area contributed by atoms with Crippen LogP contribution in [0.3, 0.4) is 0 Å². The lowest BCUT2D eigenvalue weighted by molar-refractivity contribution is -0.384. The van der Waals surface area contributed by atoms with Crippen LogP contribution in [0.25, 0.3) is 0 Å². The van der Waals surface area contributed by atoms with Crippen LogP contribution in [0.2, 0.25) is 0 Å². The number of hydrogen-bond acceptors (Lipinski definition) is 5. The Balaban J connectivity index is 1.77. The van der Waals surface area contributed by atoms with Gasteiger partial charge in [-0.3, -0.25) is 19.7 Å². The Labute approximate surface area is 145 Å². The third kappa shape index (κ3) is 5.51. The molecule has 0 atom stereocenters. The van der Waals surface area contributed by atoms with Crippen LogP contribution in [0.1, 0.15) is 0 Å². The number of anilines is 1. The molecular weight excluding hydrogens is 352 g/mol. The zero-order chi connectivity index (χ0) is 19.1. The molecule has 2 aromatic rings. The molecule has 2 rings (SSSR count). The predicted molar refractivity (Wildman–Crippen MR) is 86.6 cm³/mol. The fraction of sp³-hybridized carbons (Fsp3) is 0.125. The largest absolute Gasteiger partial charge is 0.484 e. The molecule has 0 bridgehead atoms. The van der Waals surface area contributed by atoms with Gasteiger partial charge in [-0.1, -0.05) is 6.07 Å². The van der Waals surface area contributed by atoms with Crippen LogP contribution in [0.4, 0.5) is 20.2 Å². The van der Waals surface area contributed by atoms with E-state index in [0.717, 1.165) is 18.2 Å². The third-order valence-electron chi connectivity index (χ3n) is 3.05. The number of non-ortho nitro benzene ring substituents is 1. The van der Waals surface area contributed by atoms with Crippen LogP contribution in [0.15, 0.2) is 42.5 Å². The van der Waals surface area contributed by atoms with Crippen molar-refractivity contribution in [2.45, 2.75) is 0 Å². The highest BCUT2D eigenvalue weighted by Gasteiger charge is 2.10. The SMILES string of the molecule is O=C(COc1cccc([N+](=O)[O-])c1)NCC(=O)Nc1ccc(F)c(F)c1. The Morgan fingerprint density at radius 3 is 2.54 bits per heavy atom. The summed E-state index contributed by atoms with van der Waals surface area (Å²) in [4.78, 5) is 33.3. The van der Waals surface area contributed by atoms with Gasteiger partial charge in [0, 0.05) is 17.8 Å². The third-order valence-corrected chi connectivity index (χ3v) is 3.05. The molecule has 0 aromatic heterocycles. The first-order chi connectivity index (χ1) is 12.3. The Morgan fingerprint density at radius 1 is 1.08 bits per heavy atom. The van der Waals surface area contributed by atoms with Gasteiger partial charge in [-0.2, -0.15) is 0 Å². The summed E-state index contributed by atoms with van der Waals surface area (Å²) < 4.78 is 30.9. The maximum absolute atomic E-state index is 13.0. The highest BCUT2D eigenvalue weighted by Crippen LogP contribution is 2.18. The number of halogens is 2. The van der Waals surface area contributed by atoms with E-state index >= 15 is 0 Å². The molecule has 26 heavy (non-hydrogen) atoms. The smallest absolute Gasteiger partial charge is 0.273 e. The van der Waals surface area contributed by atoms with Gasteiger partial charge in [-0.25, -0.2) is 8.78 Å². The quantitative estimate of drug-likeness (QED) is 0.576. The van der Waals surface area contributed by atoms with Crippen LogP contribution < -0.4 is 15.4 Å². The molecule has 0 saturated heterocycles. The highest BCUT2D eigenvalue weighted by molar-refractivity contribution is 5.94. The molecule has 2 amide bonds. The minimum atomic E-state index is -1.11. The average molecular weight is 365 g/mol. The van der Waals surface area contributed by atoms with E-state index in [1.807, 2.05) is 0 Å². The van der Waals surface area contributed by atoms with Gasteiger partial charge >= 0.3 is 0 Å². The molecule has 0 radical (unpaired) electrons. The van der Waals surface area contributed by atoms with Crippen LogP contribution in [-0.2, 0) is 9.59 Å². The Hall–Kier alpha value is -3.56. The molecule has 0 aliphatic heterocycles. The van der Waals surface area contributed by atoms with Crippen molar-refractivity contribution in [3.8, 4) is 5.75 Å². The lowest BCUT2D eigenvalue weighted by Crippen LogP contribution is -2.35. The van der Waals surface area contributed by atoms with Crippen molar-refractivity contribution in [2.75, 3.05) is 18.5 Å². The maximum Gasteiger partial charge on any atom is 0.273 e. The summed E-state index contributed by atoms with van der Waals surface area (Å²) in [5.41, 5.74) is -0.148. The molecule has 0 spiro atoms. The number of nitrogens with one attached hydrogen (secondary N) is 2. The zero-order valence-corrected chi connectivity index (χ0v) is 13.2. The first-order valence-electron chi connectivity index (χ1n) is 7.24. The molecule has 0 saturated carbocycles. The standard InChI is InChI=1S/C16H13F2N3O5/c17-13-5-4-10(6-14(13)18)20-15(22)8-19-16(23)9-26-12-3-1-2-11(7-12)21(24)25/h1-7H,8-9H2,(H,19,23)(H,20,22). The summed E-state index contributed by atoms with van der Waals surface area (Å²) >= 11 is 0. The first kappa shape index (κ1) is 18.8. The topological polar surface area (TPSA) is 111 Å². The van der Waals surface area contributed by atoms with Crippen molar-refractivity contribution in [3.63, 3.8) is 0 Å². The molecule has 0 heterocycles. The fourth-order valence-electron chi connectivity index (χ4n) is 1.84. The molecule has 0 fully saturated rings. The van der Waals surface area contributed by atoms with Gasteiger partial charge in [0.2, 0.25) is 5.91 Å². The second-order valence-electron chi connectivity index (χ2n) is 5.00. The number of rotatable bonds is 7. The van der Waals surface area contributed by atoms with Crippen molar-refractivity contribution in [1.29, 1.82) is 0 Å². The molecule has 2 aromatic carbocycles. The maximum atomic E-state index is 13.0. The van der Waals surface area contributed by atoms with Gasteiger partial charge in [0.25, 0.3) is 11.6 Å². The molecule has 0 aliphatic carbocycles. The van der Waals surface area contributed by atoms with Crippen LogP contribution in [0, 0.1) is 21.7 Å². The van der Waals surface area contributed by atoms with Crippen molar-refractivity contribution >= 4 is 23.2 Å². The van der Waals surface area contributed by atoms with Gasteiger partial charge in [-0.05, 0) is 18.2 Å². The molecule has 10 heteroatoms. The van der Waals surface area contributed by atoms with Crippen molar-refractivity contribution < 1.29 is 28.0 Å². The summed E-state index contributed by atoms with van der Waals surface area (Å²) in [6.45, 7) is -0.879. The van der Waals surface area contributed by atoms with Crippen molar-refractivity contribution in [3.05, 3.63) is 64.2 Å². The lowest BCUT2D eigenvalue weighted by atomic mass is 10.3. The number of nitro groups is 1. The monoisotopic (exact) mass is 365 g/mol. The highest BCUT2D eigenvalue weighted by atomic mass is 19.2. The summed E-state index contributed by atoms with van der Waals surface area (Å²) in [6, 6.07) is 8.11. The van der Waals surface area contributed by atoms with Crippen LogP contribution in [-0.4, -0.2) is 29.9 Å². The molecule has 8 nitrogen and oxygen atoms in total.